The average molecular weight is 532 g/mol. The first-order valence-corrected chi connectivity index (χ1v) is 17.9. The van der Waals surface area contributed by atoms with Crippen LogP contribution in [0, 0.1) is 0 Å². The van der Waals surface area contributed by atoms with Gasteiger partial charge in [-0.15, -0.1) is 0 Å². The van der Waals surface area contributed by atoms with Crippen molar-refractivity contribution in [1.29, 1.82) is 0 Å². The highest BCUT2D eigenvalue weighted by Crippen LogP contribution is 2.15. The van der Waals surface area contributed by atoms with Gasteiger partial charge in [-0.05, 0) is 25.7 Å². The van der Waals surface area contributed by atoms with Gasteiger partial charge in [0.1, 0.15) is 12.4 Å². The Bertz CT molecular complexity index is 590. The molecule has 2 nitrogen and oxygen atoms in total. The molecule has 1 rings (SSSR count). The van der Waals surface area contributed by atoms with Crippen molar-refractivity contribution in [3.8, 4) is 0 Å². The predicted octanol–water partition coefficient (Wildman–Crippen LogP) is 11.9. The Balaban J connectivity index is 2.05. The quantitative estimate of drug-likeness (QED) is 0.0689. The molecule has 1 aromatic rings. The van der Waals surface area contributed by atoms with Gasteiger partial charge in [0.05, 0.1) is 13.1 Å². The number of nitrogens with zero attached hydrogens (tertiary/aromatic N) is 2. The van der Waals surface area contributed by atoms with E-state index in [4.69, 9.17) is 0 Å². The van der Waals surface area contributed by atoms with E-state index >= 15 is 0 Å². The molecule has 0 aromatic carbocycles. The number of aryl methyl sites for hydroxylation is 2. The van der Waals surface area contributed by atoms with Gasteiger partial charge in [-0.3, -0.25) is 0 Å². The van der Waals surface area contributed by atoms with Gasteiger partial charge < -0.3 is 0 Å². The zero-order valence-corrected chi connectivity index (χ0v) is 26.8. The van der Waals surface area contributed by atoms with Crippen LogP contribution in [0.25, 0.3) is 0 Å². The molecule has 1 aromatic heterocycles. The number of hydrogen-bond donors (Lipinski definition) is 0. The minimum absolute atomic E-state index is 1.18. The summed E-state index contributed by atoms with van der Waals surface area (Å²) in [7, 11) is 0. The molecule has 0 bridgehead atoms. The van der Waals surface area contributed by atoms with Gasteiger partial charge in [0.2, 0.25) is 0 Å². The van der Waals surface area contributed by atoms with Crippen molar-refractivity contribution in [2.75, 3.05) is 0 Å². The summed E-state index contributed by atoms with van der Waals surface area (Å²) in [6, 6.07) is 0. The Kier molecular flexibility index (Phi) is 25.7. The molecule has 0 saturated heterocycles. The summed E-state index contributed by atoms with van der Waals surface area (Å²) in [6.45, 7) is 9.33. The fourth-order valence-electron chi connectivity index (χ4n) is 6.03. The standard InChI is InChI=1S/C36H71N2/c1-4-7-9-11-13-15-17-18-19-20-22-24-26-28-30-33-38-35-34-37(32-6-3)36(38)31-29-27-25-23-21-16-14-12-10-8-5-2/h34-35H,4-33H2,1-3H3/q+1. The predicted molar refractivity (Wildman–Crippen MR) is 170 cm³/mol. The highest BCUT2D eigenvalue weighted by Gasteiger charge is 2.15. The van der Waals surface area contributed by atoms with Crippen molar-refractivity contribution >= 4 is 0 Å². The summed E-state index contributed by atoms with van der Waals surface area (Å²) in [5.41, 5.74) is 0. The number of unbranched alkanes of at least 4 members (excludes halogenated alkanes) is 24. The molecule has 0 aliphatic rings. The summed E-state index contributed by atoms with van der Waals surface area (Å²) in [5.74, 6) is 1.59. The molecule has 0 saturated carbocycles. The van der Waals surface area contributed by atoms with Gasteiger partial charge in [0.25, 0.3) is 5.82 Å². The molecule has 0 aliphatic carbocycles. The first-order chi connectivity index (χ1) is 18.8. The van der Waals surface area contributed by atoms with Crippen molar-refractivity contribution in [1.82, 2.24) is 4.57 Å². The fraction of sp³-hybridized carbons (Fsp3) is 0.917. The molecule has 0 unspecified atom stereocenters. The van der Waals surface area contributed by atoms with Crippen LogP contribution in [0.3, 0.4) is 0 Å². The van der Waals surface area contributed by atoms with Gasteiger partial charge in [0.15, 0.2) is 0 Å². The van der Waals surface area contributed by atoms with E-state index in [1.165, 1.54) is 193 Å². The Hall–Kier alpha value is -0.790. The normalized spacial score (nSPS) is 11.6. The summed E-state index contributed by atoms with van der Waals surface area (Å²) in [6.07, 6.45) is 44.6. The van der Waals surface area contributed by atoms with Crippen LogP contribution in [0.15, 0.2) is 12.4 Å². The fourth-order valence-corrected chi connectivity index (χ4v) is 6.03. The number of aromatic nitrogens is 2. The second-order valence-electron chi connectivity index (χ2n) is 12.3. The molecule has 2 heteroatoms. The number of hydrogen-bond acceptors (Lipinski definition) is 0. The molecule has 0 amide bonds. The highest BCUT2D eigenvalue weighted by atomic mass is 15.1. The Labute approximate surface area is 240 Å². The second kappa shape index (κ2) is 27.8. The lowest BCUT2D eigenvalue weighted by molar-refractivity contribution is -0.703. The van der Waals surface area contributed by atoms with Crippen molar-refractivity contribution in [2.45, 2.75) is 214 Å². The monoisotopic (exact) mass is 532 g/mol. The Morgan fingerprint density at radius 1 is 0.447 bits per heavy atom. The maximum Gasteiger partial charge on any atom is 0.256 e. The first-order valence-electron chi connectivity index (χ1n) is 17.9. The van der Waals surface area contributed by atoms with Crippen LogP contribution in [-0.2, 0) is 19.5 Å². The van der Waals surface area contributed by atoms with E-state index in [2.05, 4.69) is 42.3 Å². The number of rotatable bonds is 30. The largest absolute Gasteiger partial charge is 0.256 e. The zero-order chi connectivity index (χ0) is 27.4. The van der Waals surface area contributed by atoms with Crippen molar-refractivity contribution in [3.63, 3.8) is 0 Å². The third-order valence-electron chi connectivity index (χ3n) is 8.56. The van der Waals surface area contributed by atoms with E-state index in [0.717, 1.165) is 0 Å². The second-order valence-corrected chi connectivity index (χ2v) is 12.3. The van der Waals surface area contributed by atoms with Crippen LogP contribution >= 0.6 is 0 Å². The molecule has 0 aliphatic heterocycles. The van der Waals surface area contributed by atoms with Gasteiger partial charge in [-0.1, -0.05) is 168 Å². The van der Waals surface area contributed by atoms with Gasteiger partial charge in [-0.2, -0.15) is 0 Å². The van der Waals surface area contributed by atoms with Crippen LogP contribution in [0.2, 0.25) is 0 Å². The van der Waals surface area contributed by atoms with Crippen molar-refractivity contribution in [2.24, 2.45) is 0 Å². The molecule has 0 spiro atoms. The molecule has 224 valence electrons. The third kappa shape index (κ3) is 20.2. The van der Waals surface area contributed by atoms with Crippen molar-refractivity contribution in [3.05, 3.63) is 18.2 Å². The summed E-state index contributed by atoms with van der Waals surface area (Å²) < 4.78 is 5.13. The van der Waals surface area contributed by atoms with Crippen LogP contribution in [0.4, 0.5) is 0 Å². The summed E-state index contributed by atoms with van der Waals surface area (Å²) in [4.78, 5) is 0. The van der Waals surface area contributed by atoms with Gasteiger partial charge in [-0.25, -0.2) is 9.13 Å². The molecular weight excluding hydrogens is 460 g/mol. The van der Waals surface area contributed by atoms with Crippen LogP contribution < -0.4 is 4.57 Å². The lowest BCUT2D eigenvalue weighted by atomic mass is 10.0. The van der Waals surface area contributed by atoms with E-state index in [9.17, 15) is 0 Å². The van der Waals surface area contributed by atoms with E-state index in [-0.39, 0.29) is 0 Å². The van der Waals surface area contributed by atoms with Crippen LogP contribution in [-0.4, -0.2) is 4.57 Å². The maximum atomic E-state index is 2.59. The maximum absolute atomic E-state index is 2.59. The molecule has 0 N–H and O–H groups in total. The molecule has 0 fully saturated rings. The average Bonchev–Trinajstić information content (AvgIpc) is 3.30. The molecular formula is C36H71N2+. The molecule has 0 radical (unpaired) electrons. The SMILES string of the molecule is CCCCCCCCCCCCCCCCCn1cc[n+](CCC)c1CCCCCCCCCCCCC. The molecule has 0 atom stereocenters. The number of imidazole rings is 1. The summed E-state index contributed by atoms with van der Waals surface area (Å²) >= 11 is 0. The van der Waals surface area contributed by atoms with E-state index in [1.807, 2.05) is 0 Å². The van der Waals surface area contributed by atoms with E-state index < -0.39 is 0 Å². The molecule has 1 heterocycles. The lowest BCUT2D eigenvalue weighted by Crippen LogP contribution is -2.37. The minimum atomic E-state index is 1.18. The van der Waals surface area contributed by atoms with Crippen molar-refractivity contribution < 1.29 is 4.57 Å². The third-order valence-corrected chi connectivity index (χ3v) is 8.56. The van der Waals surface area contributed by atoms with Gasteiger partial charge in [0, 0.05) is 6.42 Å². The first kappa shape index (κ1) is 35.2. The van der Waals surface area contributed by atoms with Gasteiger partial charge >= 0.3 is 0 Å². The van der Waals surface area contributed by atoms with E-state index in [0.29, 0.717) is 0 Å². The summed E-state index contributed by atoms with van der Waals surface area (Å²) in [5, 5.41) is 0. The lowest BCUT2D eigenvalue weighted by Gasteiger charge is -2.06. The minimum Gasteiger partial charge on any atom is -0.234 e. The Morgan fingerprint density at radius 2 is 0.816 bits per heavy atom. The Morgan fingerprint density at radius 3 is 1.21 bits per heavy atom. The van der Waals surface area contributed by atoms with Crippen LogP contribution in [0.1, 0.15) is 200 Å². The topological polar surface area (TPSA) is 8.81 Å². The van der Waals surface area contributed by atoms with Crippen LogP contribution in [0.5, 0.6) is 0 Å². The molecule has 38 heavy (non-hydrogen) atoms. The smallest absolute Gasteiger partial charge is 0.234 e. The zero-order valence-electron chi connectivity index (χ0n) is 26.8. The van der Waals surface area contributed by atoms with E-state index in [1.54, 1.807) is 5.82 Å². The highest BCUT2D eigenvalue weighted by molar-refractivity contribution is 4.84.